The Morgan fingerprint density at radius 3 is 1.98 bits per heavy atom. The number of phenols is 1. The predicted molar refractivity (Wildman–Crippen MR) is 239 cm³/mol. The van der Waals surface area contributed by atoms with Crippen LogP contribution in [0.25, 0.3) is 0 Å². The van der Waals surface area contributed by atoms with Gasteiger partial charge in [0, 0.05) is 30.8 Å². The zero-order valence-electron chi connectivity index (χ0n) is 36.7. The standard InChI is InChI=1S/C40H61N11O12S2/c1-5-21(4)34-40(63)48-24(10-11-29(41)53)37(60)49-27(16-30(42)54)38(61)50-28(36(59)45-18-33(57)47-25(14-20(2)3)35(58)44-17-31(43)55)19-65-64-13-12-32(56)46-26(39(62)51-34)15-22-6-8-23(52)9-7-22/h6-9,20-21,24-28,34,52H,5,10-19H2,1-4H3,(H2,41,53)(H2,42,54)(H2,43,55)(H,44,58)(H,45,59)(H,46,56)(H,47,57)(H,48,63)(H,49,60)(H,50,61)(H,51,62)/t21-,24-,25-,26-,27-,28-,34-/m0/s1. The number of rotatable bonds is 18. The van der Waals surface area contributed by atoms with E-state index in [0.29, 0.717) is 12.0 Å². The topological polar surface area (TPSA) is 382 Å². The summed E-state index contributed by atoms with van der Waals surface area (Å²) < 4.78 is 0. The molecular formula is C40H61N11O12S2. The number of phenolic OH excluding ortho intramolecular Hbond substituents is 1. The normalized spacial score (nSPS) is 21.4. The van der Waals surface area contributed by atoms with Crippen molar-refractivity contribution < 1.29 is 57.8 Å². The smallest absolute Gasteiger partial charge is 0.243 e. The molecule has 25 heteroatoms. The molecule has 1 aliphatic heterocycles. The third-order valence-electron chi connectivity index (χ3n) is 9.75. The molecule has 11 amide bonds. The second-order valence-electron chi connectivity index (χ2n) is 15.7. The number of primary amides is 3. The summed E-state index contributed by atoms with van der Waals surface area (Å²) in [4.78, 5) is 143. The number of carbonyl (C=O) groups excluding carboxylic acids is 11. The molecule has 0 bridgehead atoms. The molecule has 1 aromatic rings. The van der Waals surface area contributed by atoms with Crippen molar-refractivity contribution in [1.29, 1.82) is 0 Å². The molecule has 65 heavy (non-hydrogen) atoms. The van der Waals surface area contributed by atoms with Gasteiger partial charge in [-0.05, 0) is 42.4 Å². The minimum Gasteiger partial charge on any atom is -0.508 e. The quantitative estimate of drug-likeness (QED) is 0.0638. The molecule has 1 saturated heterocycles. The SMILES string of the molecule is CC[C@H](C)[C@@H]1NC(=O)[C@H](Cc2ccc(O)cc2)NC(=O)CCSSC[C@@H](C(=O)NCC(=O)N[C@@H](CC(C)C)C(=O)NCC(N)=O)NC(=O)[C@H](CC(N)=O)NC(=O)[C@H](CCC(N)=O)NC1=O. The van der Waals surface area contributed by atoms with E-state index in [1.54, 1.807) is 39.8 Å². The van der Waals surface area contributed by atoms with Crippen molar-refractivity contribution in [2.24, 2.45) is 29.0 Å². The average molecular weight is 952 g/mol. The molecule has 0 radical (unpaired) electrons. The Labute approximate surface area is 383 Å². The van der Waals surface area contributed by atoms with E-state index in [9.17, 15) is 57.8 Å². The Hall–Kier alpha value is -6.11. The lowest BCUT2D eigenvalue weighted by atomic mass is 9.96. The van der Waals surface area contributed by atoms with Crippen LogP contribution in [0.4, 0.5) is 0 Å². The van der Waals surface area contributed by atoms with Gasteiger partial charge in [0.2, 0.25) is 65.0 Å². The monoisotopic (exact) mass is 951 g/mol. The minimum absolute atomic E-state index is 0.0296. The van der Waals surface area contributed by atoms with Crippen molar-refractivity contribution in [2.75, 3.05) is 24.6 Å². The van der Waals surface area contributed by atoms with Gasteiger partial charge in [0.05, 0.1) is 19.5 Å². The lowest BCUT2D eigenvalue weighted by molar-refractivity contribution is -0.136. The third-order valence-corrected chi connectivity index (χ3v) is 12.2. The summed E-state index contributed by atoms with van der Waals surface area (Å²) >= 11 is 0. The average Bonchev–Trinajstić information content (AvgIpc) is 3.23. The van der Waals surface area contributed by atoms with Crippen LogP contribution in [-0.2, 0) is 59.2 Å². The molecule has 2 rings (SSSR count). The van der Waals surface area contributed by atoms with Gasteiger partial charge in [-0.15, -0.1) is 0 Å². The largest absolute Gasteiger partial charge is 0.508 e. The van der Waals surface area contributed by atoms with Crippen LogP contribution >= 0.6 is 21.6 Å². The van der Waals surface area contributed by atoms with Crippen molar-refractivity contribution in [2.45, 2.75) is 109 Å². The van der Waals surface area contributed by atoms with E-state index in [2.05, 4.69) is 42.5 Å². The van der Waals surface area contributed by atoms with Crippen LogP contribution in [-0.4, -0.2) is 131 Å². The Kier molecular flexibility index (Phi) is 23.7. The Morgan fingerprint density at radius 1 is 0.754 bits per heavy atom. The van der Waals surface area contributed by atoms with E-state index < -0.39 is 133 Å². The van der Waals surface area contributed by atoms with Crippen molar-refractivity contribution in [3.8, 4) is 5.75 Å². The maximum absolute atomic E-state index is 13.9. The highest BCUT2D eigenvalue weighted by molar-refractivity contribution is 8.76. The first-order valence-corrected chi connectivity index (χ1v) is 23.3. The number of nitrogens with one attached hydrogen (secondary N) is 8. The van der Waals surface area contributed by atoms with Gasteiger partial charge in [0.1, 0.15) is 42.0 Å². The van der Waals surface area contributed by atoms with E-state index in [4.69, 9.17) is 17.2 Å². The van der Waals surface area contributed by atoms with Crippen LogP contribution in [0.1, 0.15) is 71.8 Å². The molecule has 7 atom stereocenters. The number of carbonyl (C=O) groups is 11. The summed E-state index contributed by atoms with van der Waals surface area (Å²) in [5.41, 5.74) is 16.5. The summed E-state index contributed by atoms with van der Waals surface area (Å²) in [6.45, 7) is 5.84. The second kappa shape index (κ2) is 27.9. The van der Waals surface area contributed by atoms with Crippen molar-refractivity contribution in [3.63, 3.8) is 0 Å². The molecule has 0 spiro atoms. The molecule has 0 saturated carbocycles. The zero-order valence-corrected chi connectivity index (χ0v) is 38.3. The van der Waals surface area contributed by atoms with Crippen LogP contribution in [0, 0.1) is 11.8 Å². The van der Waals surface area contributed by atoms with Gasteiger partial charge in [0.15, 0.2) is 0 Å². The minimum atomic E-state index is -1.74. The number of benzene rings is 1. The number of hydrogen-bond acceptors (Lipinski definition) is 14. The van der Waals surface area contributed by atoms with Crippen LogP contribution in [0.5, 0.6) is 5.75 Å². The number of aromatic hydroxyl groups is 1. The van der Waals surface area contributed by atoms with Gasteiger partial charge in [-0.25, -0.2) is 0 Å². The van der Waals surface area contributed by atoms with Crippen LogP contribution in [0.15, 0.2) is 24.3 Å². The maximum atomic E-state index is 13.9. The van der Waals surface area contributed by atoms with Gasteiger partial charge in [-0.3, -0.25) is 52.7 Å². The van der Waals surface area contributed by atoms with E-state index >= 15 is 0 Å². The van der Waals surface area contributed by atoms with E-state index in [0.717, 1.165) is 21.6 Å². The number of nitrogens with two attached hydrogens (primary N) is 3. The molecular weight excluding hydrogens is 891 g/mol. The summed E-state index contributed by atoms with van der Waals surface area (Å²) in [6.07, 6.45) is -1.25. The predicted octanol–water partition coefficient (Wildman–Crippen LogP) is -3.42. The van der Waals surface area contributed by atoms with Crippen LogP contribution in [0.2, 0.25) is 0 Å². The molecule has 23 nitrogen and oxygen atoms in total. The van der Waals surface area contributed by atoms with Crippen molar-refractivity contribution in [3.05, 3.63) is 29.8 Å². The highest BCUT2D eigenvalue weighted by atomic mass is 33.1. The third kappa shape index (κ3) is 21.0. The Morgan fingerprint density at radius 2 is 1.38 bits per heavy atom. The highest BCUT2D eigenvalue weighted by Gasteiger charge is 2.35. The first-order valence-electron chi connectivity index (χ1n) is 20.8. The Bertz CT molecular complexity index is 1890. The number of hydrogen-bond donors (Lipinski definition) is 12. The van der Waals surface area contributed by atoms with Gasteiger partial charge in [0.25, 0.3) is 0 Å². The summed E-state index contributed by atoms with van der Waals surface area (Å²) in [5, 5.41) is 29.7. The molecule has 15 N–H and O–H groups in total. The summed E-state index contributed by atoms with van der Waals surface area (Å²) in [5.74, 6) is -10.1. The Balaban J connectivity index is 2.50. The van der Waals surface area contributed by atoms with Gasteiger partial charge in [-0.1, -0.05) is 67.8 Å². The van der Waals surface area contributed by atoms with E-state index in [1.165, 1.54) is 12.1 Å². The molecule has 1 aliphatic rings. The molecule has 0 unspecified atom stereocenters. The fourth-order valence-electron chi connectivity index (χ4n) is 6.10. The maximum Gasteiger partial charge on any atom is 0.243 e. The summed E-state index contributed by atoms with van der Waals surface area (Å²) in [7, 11) is 2.16. The molecule has 0 aromatic heterocycles. The van der Waals surface area contributed by atoms with Crippen LogP contribution < -0.4 is 59.7 Å². The number of amides is 11. The van der Waals surface area contributed by atoms with E-state index in [-0.39, 0.29) is 48.9 Å². The van der Waals surface area contributed by atoms with Gasteiger partial charge < -0.3 is 64.8 Å². The summed E-state index contributed by atoms with van der Waals surface area (Å²) in [6, 6.07) is -2.45. The first kappa shape index (κ1) is 55.0. The molecule has 1 aromatic carbocycles. The molecule has 360 valence electrons. The van der Waals surface area contributed by atoms with Crippen molar-refractivity contribution in [1.82, 2.24) is 42.5 Å². The van der Waals surface area contributed by atoms with Gasteiger partial charge in [-0.2, -0.15) is 0 Å². The van der Waals surface area contributed by atoms with E-state index in [1.807, 2.05) is 0 Å². The van der Waals surface area contributed by atoms with Crippen molar-refractivity contribution >= 4 is 86.6 Å². The molecule has 1 fully saturated rings. The molecule has 0 aliphatic carbocycles. The second-order valence-corrected chi connectivity index (χ2v) is 18.4. The first-order chi connectivity index (χ1) is 30.6. The fraction of sp³-hybridized carbons (Fsp3) is 0.575. The lowest BCUT2D eigenvalue weighted by Crippen LogP contribution is -2.61. The zero-order chi connectivity index (χ0) is 48.8. The fourth-order valence-corrected chi connectivity index (χ4v) is 8.25. The molecule has 1 heterocycles. The van der Waals surface area contributed by atoms with Gasteiger partial charge >= 0.3 is 0 Å². The highest BCUT2D eigenvalue weighted by Crippen LogP contribution is 2.23. The lowest BCUT2D eigenvalue weighted by Gasteiger charge is -2.29. The van der Waals surface area contributed by atoms with Crippen LogP contribution in [0.3, 0.4) is 0 Å².